The van der Waals surface area contributed by atoms with E-state index in [1.54, 1.807) is 13.8 Å². The van der Waals surface area contributed by atoms with Crippen LogP contribution in [-0.2, 0) is 11.2 Å². The molecule has 0 amide bonds. The zero-order valence-electron chi connectivity index (χ0n) is 11.8. The third-order valence-electron chi connectivity index (χ3n) is 3.25. The average Bonchev–Trinajstić information content (AvgIpc) is 2.31. The lowest BCUT2D eigenvalue weighted by molar-refractivity contribution is -0.185. The SMILES string of the molecule is COc1c(C)cnc(CC(=O)C(C)(N)C(F)(F)F)c1C. The number of ketones is 1. The molecule has 7 heteroatoms. The minimum absolute atomic E-state index is 0.235. The quantitative estimate of drug-likeness (QED) is 0.922. The first-order chi connectivity index (χ1) is 9.02. The Kier molecular flexibility index (Phi) is 4.43. The van der Waals surface area contributed by atoms with Crippen LogP contribution in [0.3, 0.4) is 0 Å². The lowest BCUT2D eigenvalue weighted by Gasteiger charge is -2.26. The number of ether oxygens (including phenoxy) is 1. The fourth-order valence-corrected chi connectivity index (χ4v) is 1.74. The number of pyridine rings is 1. The number of nitrogens with two attached hydrogens (primary N) is 1. The molecule has 0 saturated heterocycles. The summed E-state index contributed by atoms with van der Waals surface area (Å²) in [5.74, 6) is -0.625. The van der Waals surface area contributed by atoms with Crippen molar-refractivity contribution in [2.75, 3.05) is 7.11 Å². The smallest absolute Gasteiger partial charge is 0.413 e. The largest absolute Gasteiger partial charge is 0.496 e. The molecule has 4 nitrogen and oxygen atoms in total. The van der Waals surface area contributed by atoms with Crippen molar-refractivity contribution < 1.29 is 22.7 Å². The molecule has 1 aromatic heterocycles. The summed E-state index contributed by atoms with van der Waals surface area (Å²) in [5, 5.41) is 0. The second-order valence-electron chi connectivity index (χ2n) is 4.85. The Bertz CT molecular complexity index is 525. The fraction of sp³-hybridized carbons (Fsp3) is 0.538. The van der Waals surface area contributed by atoms with Crippen molar-refractivity contribution >= 4 is 5.78 Å². The molecule has 1 rings (SSSR count). The van der Waals surface area contributed by atoms with Crippen molar-refractivity contribution in [3.63, 3.8) is 0 Å². The van der Waals surface area contributed by atoms with Crippen LogP contribution in [0.25, 0.3) is 0 Å². The lowest BCUT2D eigenvalue weighted by Crippen LogP contribution is -2.57. The second-order valence-corrected chi connectivity index (χ2v) is 4.85. The second kappa shape index (κ2) is 5.40. The van der Waals surface area contributed by atoms with Gasteiger partial charge in [-0.2, -0.15) is 13.2 Å². The first-order valence-electron chi connectivity index (χ1n) is 5.90. The van der Waals surface area contributed by atoms with E-state index < -0.39 is 23.9 Å². The van der Waals surface area contributed by atoms with Gasteiger partial charge in [0.05, 0.1) is 19.2 Å². The molecule has 0 aliphatic rings. The number of aromatic nitrogens is 1. The number of hydrogen-bond acceptors (Lipinski definition) is 4. The molecule has 0 aromatic carbocycles. The molecule has 112 valence electrons. The van der Waals surface area contributed by atoms with Crippen LogP contribution in [0.1, 0.15) is 23.7 Å². The van der Waals surface area contributed by atoms with Gasteiger partial charge in [0.2, 0.25) is 0 Å². The Hall–Kier alpha value is -1.63. The van der Waals surface area contributed by atoms with E-state index in [1.807, 2.05) is 0 Å². The normalized spacial score (nSPS) is 14.8. The molecule has 1 aromatic rings. The molecule has 20 heavy (non-hydrogen) atoms. The van der Waals surface area contributed by atoms with Crippen molar-refractivity contribution in [2.24, 2.45) is 5.73 Å². The van der Waals surface area contributed by atoms with Gasteiger partial charge in [0.25, 0.3) is 0 Å². The first-order valence-corrected chi connectivity index (χ1v) is 5.90. The number of carbonyl (C=O) groups is 1. The van der Waals surface area contributed by atoms with Crippen LogP contribution in [0.15, 0.2) is 6.20 Å². The predicted molar refractivity (Wildman–Crippen MR) is 67.6 cm³/mol. The molecule has 0 saturated carbocycles. The number of carbonyl (C=O) groups excluding carboxylic acids is 1. The standard InChI is InChI=1S/C13H17F3N2O2/c1-7-6-18-9(8(2)11(7)20-4)5-10(19)12(3,17)13(14,15)16/h6H,5,17H2,1-4H3. The molecule has 0 fully saturated rings. The van der Waals surface area contributed by atoms with E-state index in [0.717, 1.165) is 5.56 Å². The predicted octanol–water partition coefficient (Wildman–Crippen LogP) is 2.10. The number of hydrogen-bond donors (Lipinski definition) is 1. The zero-order chi connectivity index (χ0) is 15.7. The van der Waals surface area contributed by atoms with Crippen molar-refractivity contribution in [2.45, 2.75) is 38.9 Å². The van der Waals surface area contributed by atoms with E-state index in [9.17, 15) is 18.0 Å². The Morgan fingerprint density at radius 3 is 2.40 bits per heavy atom. The highest BCUT2D eigenvalue weighted by molar-refractivity contribution is 5.90. The molecule has 0 spiro atoms. The molecule has 0 bridgehead atoms. The highest BCUT2D eigenvalue weighted by atomic mass is 19.4. The van der Waals surface area contributed by atoms with Crippen LogP contribution in [0, 0.1) is 13.8 Å². The molecule has 0 aliphatic heterocycles. The Morgan fingerprint density at radius 2 is 1.95 bits per heavy atom. The number of aryl methyl sites for hydroxylation is 1. The molecular weight excluding hydrogens is 273 g/mol. The van der Waals surface area contributed by atoms with Gasteiger partial charge in [-0.25, -0.2) is 0 Å². The molecule has 1 atom stereocenters. The number of alkyl halides is 3. The van der Waals surface area contributed by atoms with E-state index >= 15 is 0 Å². The molecule has 1 heterocycles. The summed E-state index contributed by atoms with van der Waals surface area (Å²) < 4.78 is 43.3. The summed E-state index contributed by atoms with van der Waals surface area (Å²) in [7, 11) is 1.45. The third-order valence-corrected chi connectivity index (χ3v) is 3.25. The van der Waals surface area contributed by atoms with Crippen LogP contribution < -0.4 is 10.5 Å². The van der Waals surface area contributed by atoms with E-state index in [0.29, 0.717) is 18.2 Å². The Balaban J connectivity index is 3.10. The molecular formula is C13H17F3N2O2. The topological polar surface area (TPSA) is 65.2 Å². The van der Waals surface area contributed by atoms with Crippen molar-refractivity contribution in [1.82, 2.24) is 4.98 Å². The van der Waals surface area contributed by atoms with E-state index in [-0.39, 0.29) is 5.69 Å². The highest BCUT2D eigenvalue weighted by Gasteiger charge is 2.53. The van der Waals surface area contributed by atoms with Crippen molar-refractivity contribution in [3.8, 4) is 5.75 Å². The maximum Gasteiger partial charge on any atom is 0.413 e. The van der Waals surface area contributed by atoms with Gasteiger partial charge in [-0.1, -0.05) is 0 Å². The van der Waals surface area contributed by atoms with Crippen molar-refractivity contribution in [3.05, 3.63) is 23.0 Å². The van der Waals surface area contributed by atoms with Crippen molar-refractivity contribution in [1.29, 1.82) is 0 Å². The summed E-state index contributed by atoms with van der Waals surface area (Å²) in [6.07, 6.45) is -3.84. The number of Topliss-reactive ketones (excluding diaryl/α,β-unsaturated/α-hetero) is 1. The van der Waals surface area contributed by atoms with Crippen LogP contribution in [-0.4, -0.2) is 29.6 Å². The van der Waals surface area contributed by atoms with Crippen LogP contribution in [0.4, 0.5) is 13.2 Å². The van der Waals surface area contributed by atoms with Gasteiger partial charge in [-0.05, 0) is 20.8 Å². The van der Waals surface area contributed by atoms with Gasteiger partial charge in [-0.15, -0.1) is 0 Å². The third kappa shape index (κ3) is 2.92. The van der Waals surface area contributed by atoms with Gasteiger partial charge >= 0.3 is 6.18 Å². The van der Waals surface area contributed by atoms with E-state index in [1.165, 1.54) is 13.3 Å². The zero-order valence-corrected chi connectivity index (χ0v) is 11.8. The maximum absolute atomic E-state index is 12.7. The number of methoxy groups -OCH3 is 1. The molecule has 1 unspecified atom stereocenters. The van der Waals surface area contributed by atoms with Gasteiger partial charge in [-0.3, -0.25) is 9.78 Å². The van der Waals surface area contributed by atoms with Crippen LogP contribution in [0.5, 0.6) is 5.75 Å². The molecule has 2 N–H and O–H groups in total. The fourth-order valence-electron chi connectivity index (χ4n) is 1.74. The van der Waals surface area contributed by atoms with Gasteiger partial charge < -0.3 is 10.5 Å². The number of halogens is 3. The first kappa shape index (κ1) is 16.4. The summed E-state index contributed by atoms with van der Waals surface area (Å²) in [5.41, 5.74) is 3.73. The molecule has 0 aliphatic carbocycles. The maximum atomic E-state index is 12.7. The van der Waals surface area contributed by atoms with Crippen LogP contribution >= 0.6 is 0 Å². The summed E-state index contributed by atoms with van der Waals surface area (Å²) in [6, 6.07) is 0. The summed E-state index contributed by atoms with van der Waals surface area (Å²) >= 11 is 0. The van der Waals surface area contributed by atoms with Crippen LogP contribution in [0.2, 0.25) is 0 Å². The minimum Gasteiger partial charge on any atom is -0.496 e. The summed E-state index contributed by atoms with van der Waals surface area (Å²) in [4.78, 5) is 15.8. The summed E-state index contributed by atoms with van der Waals surface area (Å²) in [6.45, 7) is 4.06. The Morgan fingerprint density at radius 1 is 1.40 bits per heavy atom. The minimum atomic E-state index is -4.80. The lowest BCUT2D eigenvalue weighted by atomic mass is 9.92. The number of nitrogens with zero attached hydrogens (tertiary/aromatic N) is 1. The van der Waals surface area contributed by atoms with Gasteiger partial charge in [0.1, 0.15) is 5.75 Å². The highest BCUT2D eigenvalue weighted by Crippen LogP contribution is 2.31. The van der Waals surface area contributed by atoms with E-state index in [4.69, 9.17) is 10.5 Å². The monoisotopic (exact) mass is 290 g/mol. The van der Waals surface area contributed by atoms with E-state index in [2.05, 4.69) is 4.98 Å². The average molecular weight is 290 g/mol. The molecule has 0 radical (unpaired) electrons. The van der Waals surface area contributed by atoms with Gasteiger partial charge in [0.15, 0.2) is 11.3 Å². The number of rotatable bonds is 4. The Labute approximate surface area is 115 Å². The van der Waals surface area contributed by atoms with Gasteiger partial charge in [0, 0.05) is 17.3 Å².